The van der Waals surface area contributed by atoms with Gasteiger partial charge in [0.05, 0.1) is 30.6 Å². The molecule has 0 radical (unpaired) electrons. The SMILES string of the molecule is COCCNC(=O)c1cc(CNCCO)ccc1NC(=O)c1csc(N2CC[C@H](OC)C2)n1. The molecule has 0 aliphatic carbocycles. The summed E-state index contributed by atoms with van der Waals surface area (Å²) in [7, 11) is 3.26. The zero-order chi connectivity index (χ0) is 23.6. The third kappa shape index (κ3) is 6.95. The summed E-state index contributed by atoms with van der Waals surface area (Å²) in [5, 5.41) is 20.2. The van der Waals surface area contributed by atoms with E-state index in [4.69, 9.17) is 14.6 Å². The number of ether oxygens (including phenoxy) is 2. The predicted molar refractivity (Wildman–Crippen MR) is 127 cm³/mol. The van der Waals surface area contributed by atoms with Gasteiger partial charge in [-0.15, -0.1) is 11.3 Å². The molecule has 1 atom stereocenters. The maximum Gasteiger partial charge on any atom is 0.275 e. The molecule has 180 valence electrons. The van der Waals surface area contributed by atoms with Crippen LogP contribution in [0.25, 0.3) is 0 Å². The van der Waals surface area contributed by atoms with Gasteiger partial charge in [0.1, 0.15) is 5.69 Å². The van der Waals surface area contributed by atoms with Crippen LogP contribution in [0.3, 0.4) is 0 Å². The van der Waals surface area contributed by atoms with Gasteiger partial charge in [-0.05, 0) is 24.1 Å². The van der Waals surface area contributed by atoms with Gasteiger partial charge in [0.2, 0.25) is 0 Å². The van der Waals surface area contributed by atoms with Gasteiger partial charge in [-0.2, -0.15) is 0 Å². The maximum atomic E-state index is 12.9. The number of thiazole rings is 1. The smallest absolute Gasteiger partial charge is 0.275 e. The van der Waals surface area contributed by atoms with Crippen molar-refractivity contribution < 1.29 is 24.2 Å². The standard InChI is InChI=1S/C22H31N5O5S/c1-31-10-7-24-20(29)17-11-15(12-23-6-9-28)3-4-18(17)25-21(30)19-14-33-22(26-19)27-8-5-16(13-27)32-2/h3-4,11,14,16,23,28H,5-10,12-13H2,1-2H3,(H,24,29)(H,25,30)/t16-/m0/s1. The van der Waals surface area contributed by atoms with Crippen molar-refractivity contribution >= 4 is 34.0 Å². The van der Waals surface area contributed by atoms with Gasteiger partial charge in [0, 0.05) is 52.3 Å². The van der Waals surface area contributed by atoms with Crippen molar-refractivity contribution in [3.63, 3.8) is 0 Å². The van der Waals surface area contributed by atoms with E-state index in [1.807, 2.05) is 6.07 Å². The molecule has 10 nitrogen and oxygen atoms in total. The topological polar surface area (TPSA) is 125 Å². The maximum absolute atomic E-state index is 12.9. The number of methoxy groups -OCH3 is 2. The Labute approximate surface area is 197 Å². The number of aliphatic hydroxyl groups excluding tert-OH is 1. The normalized spacial score (nSPS) is 15.6. The van der Waals surface area contributed by atoms with E-state index in [9.17, 15) is 9.59 Å². The summed E-state index contributed by atoms with van der Waals surface area (Å²) in [4.78, 5) is 32.3. The number of carbonyl (C=O) groups excluding carboxylic acids is 2. The van der Waals surface area contributed by atoms with Gasteiger partial charge in [-0.3, -0.25) is 9.59 Å². The van der Waals surface area contributed by atoms with E-state index in [0.29, 0.717) is 43.2 Å². The average molecular weight is 478 g/mol. The van der Waals surface area contributed by atoms with Crippen molar-refractivity contribution in [3.8, 4) is 0 Å². The minimum absolute atomic E-state index is 0.0255. The van der Waals surface area contributed by atoms with Crippen molar-refractivity contribution in [2.75, 3.05) is 63.8 Å². The Kier molecular flexibility index (Phi) is 9.58. The van der Waals surface area contributed by atoms with Crippen LogP contribution in [-0.4, -0.2) is 81.6 Å². The Hall–Kier alpha value is -2.57. The molecular formula is C22H31N5O5S. The van der Waals surface area contributed by atoms with Crippen LogP contribution in [0.1, 0.15) is 32.8 Å². The van der Waals surface area contributed by atoms with Crippen molar-refractivity contribution in [1.29, 1.82) is 0 Å². The van der Waals surface area contributed by atoms with Crippen LogP contribution in [0.2, 0.25) is 0 Å². The van der Waals surface area contributed by atoms with Gasteiger partial charge in [-0.1, -0.05) is 6.07 Å². The lowest BCUT2D eigenvalue weighted by atomic mass is 10.1. The Balaban J connectivity index is 1.72. The zero-order valence-electron chi connectivity index (χ0n) is 18.9. The summed E-state index contributed by atoms with van der Waals surface area (Å²) in [6.07, 6.45) is 1.11. The van der Waals surface area contributed by atoms with Gasteiger partial charge in [-0.25, -0.2) is 4.98 Å². The number of aromatic nitrogens is 1. The van der Waals surface area contributed by atoms with Crippen LogP contribution < -0.4 is 20.9 Å². The minimum atomic E-state index is -0.378. The summed E-state index contributed by atoms with van der Waals surface area (Å²) in [5.41, 5.74) is 1.91. The number of carbonyl (C=O) groups is 2. The van der Waals surface area contributed by atoms with E-state index in [2.05, 4.69) is 25.8 Å². The lowest BCUT2D eigenvalue weighted by Gasteiger charge is -2.14. The van der Waals surface area contributed by atoms with E-state index in [-0.39, 0.29) is 24.5 Å². The third-order valence-corrected chi connectivity index (χ3v) is 6.16. The molecule has 2 amide bonds. The largest absolute Gasteiger partial charge is 0.395 e. The van der Waals surface area contributed by atoms with E-state index in [1.54, 1.807) is 31.7 Å². The molecule has 2 aromatic rings. The van der Waals surface area contributed by atoms with Gasteiger partial charge in [0.25, 0.3) is 11.8 Å². The molecule has 1 aromatic carbocycles. The second-order valence-corrected chi connectivity index (χ2v) is 8.43. The second-order valence-electron chi connectivity index (χ2n) is 7.59. The molecule has 1 fully saturated rings. The Morgan fingerprint density at radius 3 is 2.85 bits per heavy atom. The highest BCUT2D eigenvalue weighted by atomic mass is 32.1. The molecule has 0 spiro atoms. The monoisotopic (exact) mass is 477 g/mol. The summed E-state index contributed by atoms with van der Waals surface area (Å²) in [5.74, 6) is -0.690. The molecule has 1 aliphatic rings. The summed E-state index contributed by atoms with van der Waals surface area (Å²) in [6.45, 7) is 3.28. The molecule has 4 N–H and O–H groups in total. The summed E-state index contributed by atoms with van der Waals surface area (Å²) in [6, 6.07) is 5.26. The number of rotatable bonds is 12. The fourth-order valence-corrected chi connectivity index (χ4v) is 4.31. The zero-order valence-corrected chi connectivity index (χ0v) is 19.7. The van der Waals surface area contributed by atoms with Crippen LogP contribution >= 0.6 is 11.3 Å². The van der Waals surface area contributed by atoms with Crippen LogP contribution in [0.4, 0.5) is 10.8 Å². The van der Waals surface area contributed by atoms with E-state index in [1.165, 1.54) is 11.3 Å². The van der Waals surface area contributed by atoms with E-state index < -0.39 is 0 Å². The molecule has 0 unspecified atom stereocenters. The van der Waals surface area contributed by atoms with Crippen molar-refractivity contribution in [2.45, 2.75) is 19.1 Å². The number of hydrogen-bond acceptors (Lipinski definition) is 9. The number of aliphatic hydroxyl groups is 1. The molecule has 1 aliphatic heterocycles. The van der Waals surface area contributed by atoms with E-state index >= 15 is 0 Å². The fraction of sp³-hybridized carbons (Fsp3) is 0.500. The third-order valence-electron chi connectivity index (χ3n) is 5.26. The highest BCUT2D eigenvalue weighted by Gasteiger charge is 2.25. The summed E-state index contributed by atoms with van der Waals surface area (Å²) >= 11 is 1.41. The number of nitrogens with zero attached hydrogens (tertiary/aromatic N) is 2. The van der Waals surface area contributed by atoms with Gasteiger partial charge < -0.3 is 35.4 Å². The van der Waals surface area contributed by atoms with Crippen molar-refractivity contribution in [2.24, 2.45) is 0 Å². The Morgan fingerprint density at radius 1 is 1.27 bits per heavy atom. The number of nitrogens with one attached hydrogen (secondary N) is 3. The number of amides is 2. The van der Waals surface area contributed by atoms with Gasteiger partial charge in [0.15, 0.2) is 5.13 Å². The van der Waals surface area contributed by atoms with Crippen LogP contribution in [-0.2, 0) is 16.0 Å². The lowest BCUT2D eigenvalue weighted by Crippen LogP contribution is -2.28. The first-order valence-corrected chi connectivity index (χ1v) is 11.7. The predicted octanol–water partition coefficient (Wildman–Crippen LogP) is 1.08. The molecule has 33 heavy (non-hydrogen) atoms. The molecule has 1 saturated heterocycles. The first-order chi connectivity index (χ1) is 16.0. The molecule has 1 aromatic heterocycles. The first-order valence-electron chi connectivity index (χ1n) is 10.8. The molecule has 2 heterocycles. The quantitative estimate of drug-likeness (QED) is 0.335. The molecule has 11 heteroatoms. The van der Waals surface area contributed by atoms with Crippen LogP contribution in [0.5, 0.6) is 0 Å². The van der Waals surface area contributed by atoms with Crippen LogP contribution in [0, 0.1) is 0 Å². The number of anilines is 2. The van der Waals surface area contributed by atoms with Crippen molar-refractivity contribution in [3.05, 3.63) is 40.4 Å². The van der Waals surface area contributed by atoms with Crippen LogP contribution in [0.15, 0.2) is 23.6 Å². The number of benzene rings is 1. The fourth-order valence-electron chi connectivity index (χ4n) is 3.47. The summed E-state index contributed by atoms with van der Waals surface area (Å²) < 4.78 is 10.4. The first kappa shape index (κ1) is 25.1. The second kappa shape index (κ2) is 12.6. The highest BCUT2D eigenvalue weighted by molar-refractivity contribution is 7.14. The van der Waals surface area contributed by atoms with Gasteiger partial charge >= 0.3 is 0 Å². The number of hydrogen-bond donors (Lipinski definition) is 4. The Morgan fingerprint density at radius 2 is 2.12 bits per heavy atom. The highest BCUT2D eigenvalue weighted by Crippen LogP contribution is 2.26. The molecule has 0 saturated carbocycles. The van der Waals surface area contributed by atoms with Crippen molar-refractivity contribution in [1.82, 2.24) is 15.6 Å². The lowest BCUT2D eigenvalue weighted by molar-refractivity contribution is 0.0938. The van der Waals surface area contributed by atoms with E-state index in [0.717, 1.165) is 30.2 Å². The molecule has 3 rings (SSSR count). The minimum Gasteiger partial charge on any atom is -0.395 e. The average Bonchev–Trinajstić information content (AvgIpc) is 3.50. The Bertz CT molecular complexity index is 938. The molecular weight excluding hydrogens is 446 g/mol. The molecule has 0 bridgehead atoms.